The molecule has 3 rings (SSSR count). The minimum Gasteiger partial charge on any atom is -0.383 e. The van der Waals surface area contributed by atoms with Gasteiger partial charge in [0.2, 0.25) is 5.91 Å². The quantitative estimate of drug-likeness (QED) is 0.383. The van der Waals surface area contributed by atoms with E-state index in [1.54, 1.807) is 13.2 Å². The van der Waals surface area contributed by atoms with E-state index in [2.05, 4.69) is 37.5 Å². The Morgan fingerprint density at radius 1 is 1.11 bits per heavy atom. The number of ether oxygens (including phenoxy) is 2. The number of carbonyl (C=O) groups excluding carboxylic acids is 1. The fourth-order valence-electron chi connectivity index (χ4n) is 4.54. The lowest BCUT2D eigenvalue weighted by Gasteiger charge is -2.40. The maximum absolute atomic E-state index is 14.1. The van der Waals surface area contributed by atoms with E-state index in [9.17, 15) is 9.18 Å². The van der Waals surface area contributed by atoms with E-state index in [1.165, 1.54) is 19.2 Å². The monoisotopic (exact) mass is 510 g/mol. The fraction of sp³-hybridized carbons (Fsp3) is 0.448. The molecule has 1 unspecified atom stereocenters. The molecule has 0 fully saturated rings. The predicted molar refractivity (Wildman–Crippen MR) is 143 cm³/mol. The molecule has 7 nitrogen and oxygen atoms in total. The molecule has 0 aliphatic heterocycles. The maximum Gasteiger partial charge on any atom is 0.249 e. The van der Waals surface area contributed by atoms with Crippen molar-refractivity contribution < 1.29 is 18.7 Å². The SMILES string of the molecule is COCC(=O)N(CCC(N)COC)[C@@H](c1nc(-c2cccc(F)c2)cn1Cc1ccccc1)C(C)(C)C. The number of nitrogens with zero attached hydrogens (tertiary/aromatic N) is 3. The smallest absolute Gasteiger partial charge is 0.249 e. The van der Waals surface area contributed by atoms with E-state index in [0.717, 1.165) is 11.4 Å². The standard InChI is InChI=1S/C29H39FN4O3/c1-29(2,3)27(34(26(35)20-37-5)15-14-24(31)19-36-4)28-32-25(22-12-9-13-23(30)16-22)18-33(28)17-21-10-7-6-8-11-21/h6-13,16,18,24,27H,14-15,17,19-20,31H2,1-5H3/t24?,27-/m0/s1. The van der Waals surface area contributed by atoms with E-state index >= 15 is 0 Å². The first-order valence-electron chi connectivity index (χ1n) is 12.5. The molecule has 0 saturated carbocycles. The zero-order chi connectivity index (χ0) is 27.0. The topological polar surface area (TPSA) is 82.6 Å². The van der Waals surface area contributed by atoms with Crippen molar-refractivity contribution in [3.05, 3.63) is 78.0 Å². The second-order valence-electron chi connectivity index (χ2n) is 10.4. The van der Waals surface area contributed by atoms with Crippen molar-refractivity contribution in [2.75, 3.05) is 34.0 Å². The molecule has 200 valence electrons. The highest BCUT2D eigenvalue weighted by Crippen LogP contribution is 2.39. The molecular weight excluding hydrogens is 471 g/mol. The number of hydrogen-bond donors (Lipinski definition) is 1. The average molecular weight is 511 g/mol. The van der Waals surface area contributed by atoms with Crippen LogP contribution in [0.1, 0.15) is 44.6 Å². The van der Waals surface area contributed by atoms with Crippen LogP contribution in [0.5, 0.6) is 0 Å². The second kappa shape index (κ2) is 12.9. The van der Waals surface area contributed by atoms with Crippen LogP contribution in [0, 0.1) is 11.2 Å². The van der Waals surface area contributed by atoms with Gasteiger partial charge in [0, 0.05) is 45.1 Å². The molecule has 2 aromatic carbocycles. The molecule has 0 bridgehead atoms. The van der Waals surface area contributed by atoms with Crippen LogP contribution in [0.2, 0.25) is 0 Å². The highest BCUT2D eigenvalue weighted by molar-refractivity contribution is 5.78. The van der Waals surface area contributed by atoms with Gasteiger partial charge in [-0.1, -0.05) is 63.2 Å². The van der Waals surface area contributed by atoms with Crippen LogP contribution >= 0.6 is 0 Å². The summed E-state index contributed by atoms with van der Waals surface area (Å²) >= 11 is 0. The Bertz CT molecular complexity index is 1140. The van der Waals surface area contributed by atoms with Crippen molar-refractivity contribution >= 4 is 5.91 Å². The van der Waals surface area contributed by atoms with Gasteiger partial charge in [-0.05, 0) is 29.5 Å². The van der Waals surface area contributed by atoms with Gasteiger partial charge >= 0.3 is 0 Å². The van der Waals surface area contributed by atoms with Gasteiger partial charge in [0.15, 0.2) is 0 Å². The summed E-state index contributed by atoms with van der Waals surface area (Å²) in [6.07, 6.45) is 2.50. The van der Waals surface area contributed by atoms with Crippen molar-refractivity contribution in [3.8, 4) is 11.3 Å². The van der Waals surface area contributed by atoms with Crippen LogP contribution < -0.4 is 5.73 Å². The summed E-state index contributed by atoms with van der Waals surface area (Å²) in [7, 11) is 3.12. The molecule has 0 aliphatic rings. The first kappa shape index (κ1) is 28.5. The predicted octanol–water partition coefficient (Wildman–Crippen LogP) is 4.66. The van der Waals surface area contributed by atoms with Crippen LogP contribution in [-0.4, -0.2) is 60.4 Å². The van der Waals surface area contributed by atoms with E-state index in [4.69, 9.17) is 20.2 Å². The first-order valence-corrected chi connectivity index (χ1v) is 12.5. The first-order chi connectivity index (χ1) is 17.6. The number of nitrogens with two attached hydrogens (primary N) is 1. The maximum atomic E-state index is 14.1. The average Bonchev–Trinajstić information content (AvgIpc) is 3.24. The minimum atomic E-state index is -0.393. The summed E-state index contributed by atoms with van der Waals surface area (Å²) in [5.41, 5.74) is 8.27. The van der Waals surface area contributed by atoms with Crippen LogP contribution in [0.15, 0.2) is 60.8 Å². The van der Waals surface area contributed by atoms with Gasteiger partial charge in [0.1, 0.15) is 18.2 Å². The summed E-state index contributed by atoms with van der Waals surface area (Å²) in [6.45, 7) is 7.58. The zero-order valence-corrected chi connectivity index (χ0v) is 22.5. The van der Waals surface area contributed by atoms with Crippen LogP contribution in [-0.2, 0) is 20.8 Å². The Kier molecular flexibility index (Phi) is 9.97. The van der Waals surface area contributed by atoms with Crippen LogP contribution in [0.3, 0.4) is 0 Å². The highest BCUT2D eigenvalue weighted by atomic mass is 19.1. The zero-order valence-electron chi connectivity index (χ0n) is 22.5. The van der Waals surface area contributed by atoms with E-state index in [0.29, 0.717) is 37.4 Å². The third-order valence-electron chi connectivity index (χ3n) is 6.21. The van der Waals surface area contributed by atoms with E-state index in [-0.39, 0.29) is 29.8 Å². The van der Waals surface area contributed by atoms with Gasteiger partial charge in [-0.2, -0.15) is 0 Å². The van der Waals surface area contributed by atoms with Crippen molar-refractivity contribution in [1.82, 2.24) is 14.5 Å². The molecule has 0 spiro atoms. The van der Waals surface area contributed by atoms with E-state index < -0.39 is 6.04 Å². The minimum absolute atomic E-state index is 0.0533. The third-order valence-corrected chi connectivity index (χ3v) is 6.21. The Morgan fingerprint density at radius 2 is 1.84 bits per heavy atom. The molecule has 0 radical (unpaired) electrons. The molecule has 1 heterocycles. The summed E-state index contributed by atoms with van der Waals surface area (Å²) in [5, 5.41) is 0. The Morgan fingerprint density at radius 3 is 2.46 bits per heavy atom. The number of rotatable bonds is 12. The molecule has 0 aliphatic carbocycles. The molecule has 1 amide bonds. The van der Waals surface area contributed by atoms with Gasteiger partial charge in [-0.3, -0.25) is 4.79 Å². The molecule has 8 heteroatoms. The van der Waals surface area contributed by atoms with Gasteiger partial charge in [0.05, 0.1) is 18.3 Å². The number of amides is 1. The summed E-state index contributed by atoms with van der Waals surface area (Å²) < 4.78 is 26.6. The van der Waals surface area contributed by atoms with Crippen molar-refractivity contribution in [3.63, 3.8) is 0 Å². The van der Waals surface area contributed by atoms with Gasteiger partial charge in [-0.25, -0.2) is 9.37 Å². The van der Waals surface area contributed by atoms with Gasteiger partial charge in [-0.15, -0.1) is 0 Å². The number of benzene rings is 2. The van der Waals surface area contributed by atoms with Crippen molar-refractivity contribution in [2.45, 2.75) is 45.8 Å². The molecule has 0 saturated heterocycles. The molecule has 3 aromatic rings. The number of aromatic nitrogens is 2. The lowest BCUT2D eigenvalue weighted by Crippen LogP contribution is -2.46. The number of halogens is 1. The van der Waals surface area contributed by atoms with Crippen molar-refractivity contribution in [1.29, 1.82) is 0 Å². The van der Waals surface area contributed by atoms with Gasteiger partial charge < -0.3 is 24.7 Å². The number of hydrogen-bond acceptors (Lipinski definition) is 5. The number of methoxy groups -OCH3 is 2. The number of imidazole rings is 1. The largest absolute Gasteiger partial charge is 0.383 e. The lowest BCUT2D eigenvalue weighted by molar-refractivity contribution is -0.140. The highest BCUT2D eigenvalue weighted by Gasteiger charge is 2.38. The van der Waals surface area contributed by atoms with Crippen LogP contribution in [0.25, 0.3) is 11.3 Å². The Hall–Kier alpha value is -3.07. The second-order valence-corrected chi connectivity index (χ2v) is 10.4. The lowest BCUT2D eigenvalue weighted by atomic mass is 9.84. The Balaban J connectivity index is 2.13. The molecule has 2 atom stereocenters. The molecule has 37 heavy (non-hydrogen) atoms. The third kappa shape index (κ3) is 7.71. The van der Waals surface area contributed by atoms with Gasteiger partial charge in [0.25, 0.3) is 0 Å². The normalized spacial score (nSPS) is 13.4. The summed E-state index contributed by atoms with van der Waals surface area (Å²) in [5.74, 6) is 0.252. The summed E-state index contributed by atoms with van der Waals surface area (Å²) in [4.78, 5) is 20.2. The van der Waals surface area contributed by atoms with Crippen molar-refractivity contribution in [2.24, 2.45) is 11.1 Å². The summed E-state index contributed by atoms with van der Waals surface area (Å²) in [6, 6.07) is 15.9. The molecular formula is C29H39FN4O3. The van der Waals surface area contributed by atoms with Crippen LogP contribution in [0.4, 0.5) is 4.39 Å². The molecule has 1 aromatic heterocycles. The Labute approximate surface area is 219 Å². The fourth-order valence-corrected chi connectivity index (χ4v) is 4.54. The van der Waals surface area contributed by atoms with E-state index in [1.807, 2.05) is 35.4 Å². The number of carbonyl (C=O) groups is 1. The molecule has 2 N–H and O–H groups in total.